The lowest BCUT2D eigenvalue weighted by Crippen LogP contribution is -2.14. The smallest absolute Gasteiger partial charge is 0.261 e. The fourth-order valence-corrected chi connectivity index (χ4v) is 4.11. The Morgan fingerprint density at radius 2 is 1.39 bits per heavy atom. The predicted molar refractivity (Wildman–Crippen MR) is 95.4 cm³/mol. The second kappa shape index (κ2) is 5.70. The van der Waals surface area contributed by atoms with Crippen molar-refractivity contribution in [2.45, 2.75) is 25.7 Å². The summed E-state index contributed by atoms with van der Waals surface area (Å²) in [6, 6.07) is 16.9. The van der Waals surface area contributed by atoms with E-state index in [1.54, 1.807) is 12.1 Å². The fraction of sp³-hybridized carbons (Fsp3) is 0.158. The van der Waals surface area contributed by atoms with E-state index < -0.39 is 10.0 Å². The molecule has 118 valence electrons. The third kappa shape index (κ3) is 3.08. The van der Waals surface area contributed by atoms with Crippen molar-refractivity contribution in [3.8, 4) is 0 Å². The molecule has 0 aliphatic heterocycles. The van der Waals surface area contributed by atoms with Gasteiger partial charge in [-0.15, -0.1) is 0 Å². The minimum Gasteiger partial charge on any atom is -0.279 e. The molecule has 0 spiro atoms. The van der Waals surface area contributed by atoms with Gasteiger partial charge in [-0.05, 0) is 54.8 Å². The largest absolute Gasteiger partial charge is 0.279 e. The van der Waals surface area contributed by atoms with Crippen LogP contribution in [0.15, 0.2) is 59.5 Å². The lowest BCUT2D eigenvalue weighted by molar-refractivity contribution is 0.601. The second-order valence-corrected chi connectivity index (χ2v) is 7.57. The first kappa shape index (κ1) is 15.6. The first-order chi connectivity index (χ1) is 10.9. The van der Waals surface area contributed by atoms with Crippen LogP contribution < -0.4 is 4.72 Å². The number of rotatable bonds is 3. The van der Waals surface area contributed by atoms with Gasteiger partial charge in [0.15, 0.2) is 0 Å². The third-order valence-corrected chi connectivity index (χ3v) is 5.29. The first-order valence-corrected chi connectivity index (χ1v) is 8.94. The summed E-state index contributed by atoms with van der Waals surface area (Å²) in [5.41, 5.74) is 3.62. The summed E-state index contributed by atoms with van der Waals surface area (Å²) in [4.78, 5) is 0.274. The minimum atomic E-state index is -3.61. The van der Waals surface area contributed by atoms with E-state index in [0.29, 0.717) is 5.69 Å². The number of sulfonamides is 1. The average Bonchev–Trinajstić information content (AvgIpc) is 2.50. The Labute approximate surface area is 137 Å². The van der Waals surface area contributed by atoms with Crippen LogP contribution in [-0.4, -0.2) is 8.42 Å². The van der Waals surface area contributed by atoms with Crippen LogP contribution >= 0.6 is 0 Å². The summed E-state index contributed by atoms with van der Waals surface area (Å²) in [5, 5.41) is 1.93. The van der Waals surface area contributed by atoms with Gasteiger partial charge in [-0.1, -0.05) is 48.0 Å². The second-order valence-electron chi connectivity index (χ2n) is 5.89. The van der Waals surface area contributed by atoms with Crippen molar-refractivity contribution in [2.24, 2.45) is 0 Å². The van der Waals surface area contributed by atoms with E-state index >= 15 is 0 Å². The summed E-state index contributed by atoms with van der Waals surface area (Å²) in [6.45, 7) is 5.83. The van der Waals surface area contributed by atoms with E-state index in [2.05, 4.69) is 4.72 Å². The van der Waals surface area contributed by atoms with E-state index in [0.717, 1.165) is 27.5 Å². The van der Waals surface area contributed by atoms with Crippen molar-refractivity contribution in [3.05, 3.63) is 71.3 Å². The quantitative estimate of drug-likeness (QED) is 0.767. The number of anilines is 1. The molecule has 1 N–H and O–H groups in total. The van der Waals surface area contributed by atoms with Crippen LogP contribution in [0.1, 0.15) is 16.7 Å². The molecule has 3 aromatic rings. The number of hydrogen-bond donors (Lipinski definition) is 1. The van der Waals surface area contributed by atoms with E-state index in [1.165, 1.54) is 0 Å². The summed E-state index contributed by atoms with van der Waals surface area (Å²) in [5.74, 6) is 0. The fourth-order valence-electron chi connectivity index (χ4n) is 2.87. The maximum Gasteiger partial charge on any atom is 0.261 e. The van der Waals surface area contributed by atoms with Gasteiger partial charge < -0.3 is 0 Å². The molecule has 23 heavy (non-hydrogen) atoms. The van der Waals surface area contributed by atoms with Gasteiger partial charge in [0.2, 0.25) is 0 Å². The molecule has 0 unspecified atom stereocenters. The Morgan fingerprint density at radius 1 is 0.783 bits per heavy atom. The predicted octanol–water partition coefficient (Wildman–Crippen LogP) is 4.57. The molecule has 0 fully saturated rings. The maximum atomic E-state index is 12.7. The molecule has 3 rings (SSSR count). The van der Waals surface area contributed by atoms with Gasteiger partial charge in [0.25, 0.3) is 10.0 Å². The Balaban J connectivity index is 2.04. The van der Waals surface area contributed by atoms with E-state index in [1.807, 2.05) is 63.2 Å². The molecule has 0 heterocycles. The van der Waals surface area contributed by atoms with Gasteiger partial charge >= 0.3 is 0 Å². The molecule has 0 bridgehead atoms. The Morgan fingerprint density at radius 3 is 2.04 bits per heavy atom. The van der Waals surface area contributed by atoms with Crippen molar-refractivity contribution >= 4 is 26.5 Å². The van der Waals surface area contributed by atoms with Crippen molar-refractivity contribution in [1.82, 2.24) is 0 Å². The van der Waals surface area contributed by atoms with Crippen LogP contribution in [0.3, 0.4) is 0 Å². The summed E-state index contributed by atoms with van der Waals surface area (Å²) in [7, 11) is -3.61. The Hall–Kier alpha value is -2.33. The van der Waals surface area contributed by atoms with Gasteiger partial charge in [-0.2, -0.15) is 0 Å². The van der Waals surface area contributed by atoms with Crippen molar-refractivity contribution in [2.75, 3.05) is 4.72 Å². The highest BCUT2D eigenvalue weighted by molar-refractivity contribution is 7.92. The number of aryl methyl sites for hydroxylation is 3. The molecule has 3 aromatic carbocycles. The highest BCUT2D eigenvalue weighted by Crippen LogP contribution is 2.26. The van der Waals surface area contributed by atoms with Crippen LogP contribution in [0, 0.1) is 20.8 Å². The molecule has 0 atom stereocenters. The summed E-state index contributed by atoms with van der Waals surface area (Å²) < 4.78 is 28.2. The zero-order valence-electron chi connectivity index (χ0n) is 13.4. The van der Waals surface area contributed by atoms with E-state index in [-0.39, 0.29) is 4.90 Å². The molecule has 0 aliphatic rings. The van der Waals surface area contributed by atoms with Crippen LogP contribution in [0.2, 0.25) is 0 Å². The van der Waals surface area contributed by atoms with Crippen molar-refractivity contribution in [1.29, 1.82) is 0 Å². The van der Waals surface area contributed by atoms with E-state index in [4.69, 9.17) is 0 Å². The van der Waals surface area contributed by atoms with Crippen LogP contribution in [0.5, 0.6) is 0 Å². The number of nitrogens with one attached hydrogen (secondary N) is 1. The van der Waals surface area contributed by atoms with Crippen molar-refractivity contribution < 1.29 is 8.42 Å². The highest BCUT2D eigenvalue weighted by Gasteiger charge is 2.17. The summed E-state index contributed by atoms with van der Waals surface area (Å²) in [6.07, 6.45) is 0. The van der Waals surface area contributed by atoms with E-state index in [9.17, 15) is 8.42 Å². The van der Waals surface area contributed by atoms with Gasteiger partial charge in [-0.25, -0.2) is 8.42 Å². The zero-order chi connectivity index (χ0) is 16.6. The molecular formula is C19H19NO2S. The minimum absolute atomic E-state index is 0.274. The van der Waals surface area contributed by atoms with Crippen LogP contribution in [0.4, 0.5) is 5.69 Å². The van der Waals surface area contributed by atoms with Crippen LogP contribution in [0.25, 0.3) is 10.8 Å². The molecule has 3 nitrogen and oxygen atoms in total. The topological polar surface area (TPSA) is 46.2 Å². The van der Waals surface area contributed by atoms with Gasteiger partial charge in [0.1, 0.15) is 0 Å². The molecule has 0 saturated carbocycles. The zero-order valence-corrected chi connectivity index (χ0v) is 14.2. The molecule has 4 heteroatoms. The normalized spacial score (nSPS) is 11.6. The Bertz CT molecular complexity index is 968. The molecule has 0 amide bonds. The van der Waals surface area contributed by atoms with Gasteiger partial charge in [0, 0.05) is 0 Å². The molecule has 0 radical (unpaired) electrons. The average molecular weight is 325 g/mol. The van der Waals surface area contributed by atoms with Crippen molar-refractivity contribution in [3.63, 3.8) is 0 Å². The lowest BCUT2D eigenvalue weighted by Gasteiger charge is -2.14. The molecular weight excluding hydrogens is 306 g/mol. The number of fused-ring (bicyclic) bond motifs is 1. The standard InChI is InChI=1S/C19H19NO2S/c1-13-10-14(2)19(15(3)11-13)20-23(21,22)18-9-8-16-6-4-5-7-17(16)12-18/h4-12,20H,1-3H3. The Kier molecular flexibility index (Phi) is 3.86. The van der Waals surface area contributed by atoms with Gasteiger partial charge in [0.05, 0.1) is 10.6 Å². The summed E-state index contributed by atoms with van der Waals surface area (Å²) >= 11 is 0. The monoisotopic (exact) mass is 325 g/mol. The molecule has 0 aliphatic carbocycles. The first-order valence-electron chi connectivity index (χ1n) is 7.46. The number of hydrogen-bond acceptors (Lipinski definition) is 2. The number of benzene rings is 3. The molecule has 0 saturated heterocycles. The highest BCUT2D eigenvalue weighted by atomic mass is 32.2. The third-order valence-electron chi connectivity index (χ3n) is 3.94. The SMILES string of the molecule is Cc1cc(C)c(NS(=O)(=O)c2ccc3ccccc3c2)c(C)c1. The van der Waals surface area contributed by atoms with Crippen LogP contribution in [-0.2, 0) is 10.0 Å². The molecule has 0 aromatic heterocycles. The lowest BCUT2D eigenvalue weighted by atomic mass is 10.1. The maximum absolute atomic E-state index is 12.7. The van der Waals surface area contributed by atoms with Gasteiger partial charge in [-0.3, -0.25) is 4.72 Å².